The quantitative estimate of drug-likeness (QED) is 0.848. The molecule has 0 aliphatic heterocycles. The zero-order valence-electron chi connectivity index (χ0n) is 9.88. The standard InChI is InChI=1S/C11H14BrClN2O2/c1-11(2,3)17-10(16)15-6-7-4-8(12)9(13)14-5-7/h4-5H,6H2,1-3H3,(H,15,16). The lowest BCUT2D eigenvalue weighted by molar-refractivity contribution is 0.0523. The van der Waals surface area contributed by atoms with Crippen molar-refractivity contribution in [1.82, 2.24) is 10.3 Å². The summed E-state index contributed by atoms with van der Waals surface area (Å²) in [4.78, 5) is 15.3. The van der Waals surface area contributed by atoms with Crippen LogP contribution in [0.5, 0.6) is 0 Å². The minimum atomic E-state index is -0.497. The summed E-state index contributed by atoms with van der Waals surface area (Å²) in [5.74, 6) is 0. The van der Waals surface area contributed by atoms with Crippen LogP contribution in [0.4, 0.5) is 4.79 Å². The number of pyridine rings is 1. The lowest BCUT2D eigenvalue weighted by Gasteiger charge is -2.19. The normalized spacial score (nSPS) is 11.1. The summed E-state index contributed by atoms with van der Waals surface area (Å²) < 4.78 is 5.80. The molecule has 0 bridgehead atoms. The van der Waals surface area contributed by atoms with Crippen LogP contribution in [0.25, 0.3) is 0 Å². The van der Waals surface area contributed by atoms with Gasteiger partial charge in [-0.05, 0) is 48.3 Å². The van der Waals surface area contributed by atoms with Crippen LogP contribution in [0, 0.1) is 0 Å². The predicted molar refractivity (Wildman–Crippen MR) is 70.0 cm³/mol. The summed E-state index contributed by atoms with van der Waals surface area (Å²) >= 11 is 9.02. The van der Waals surface area contributed by atoms with Gasteiger partial charge in [-0.3, -0.25) is 0 Å². The average molecular weight is 322 g/mol. The Bertz CT molecular complexity index is 418. The highest BCUT2D eigenvalue weighted by Crippen LogP contribution is 2.20. The van der Waals surface area contributed by atoms with Gasteiger partial charge in [0, 0.05) is 12.7 Å². The number of ether oxygens (including phenoxy) is 1. The first-order valence-electron chi connectivity index (χ1n) is 5.05. The number of aromatic nitrogens is 1. The summed E-state index contributed by atoms with van der Waals surface area (Å²) in [6, 6.07) is 1.80. The van der Waals surface area contributed by atoms with Gasteiger partial charge in [0.15, 0.2) is 0 Å². The Labute approximate surface area is 114 Å². The molecule has 0 aliphatic carbocycles. The summed E-state index contributed by atoms with van der Waals surface area (Å²) in [6.45, 7) is 5.78. The fourth-order valence-electron chi connectivity index (χ4n) is 1.05. The first-order valence-corrected chi connectivity index (χ1v) is 6.22. The molecule has 1 rings (SSSR count). The van der Waals surface area contributed by atoms with Crippen molar-refractivity contribution in [3.8, 4) is 0 Å². The molecule has 17 heavy (non-hydrogen) atoms. The Kier molecular flexibility index (Phi) is 4.77. The minimum absolute atomic E-state index is 0.345. The molecule has 1 amide bonds. The molecule has 0 unspecified atom stereocenters. The van der Waals surface area contributed by atoms with E-state index in [1.165, 1.54) is 0 Å². The first-order chi connectivity index (χ1) is 7.78. The van der Waals surface area contributed by atoms with Gasteiger partial charge in [-0.15, -0.1) is 0 Å². The number of halogens is 2. The van der Waals surface area contributed by atoms with Crippen LogP contribution in [0.2, 0.25) is 5.15 Å². The highest BCUT2D eigenvalue weighted by molar-refractivity contribution is 9.10. The van der Waals surface area contributed by atoms with Crippen molar-refractivity contribution >= 4 is 33.6 Å². The molecule has 94 valence electrons. The second-order valence-corrected chi connectivity index (χ2v) is 5.68. The first kappa shape index (κ1) is 14.3. The van der Waals surface area contributed by atoms with Crippen LogP contribution < -0.4 is 5.32 Å². The van der Waals surface area contributed by atoms with Crippen molar-refractivity contribution in [1.29, 1.82) is 0 Å². The Morgan fingerprint density at radius 1 is 1.59 bits per heavy atom. The Hall–Kier alpha value is -0.810. The zero-order valence-corrected chi connectivity index (χ0v) is 12.2. The maximum Gasteiger partial charge on any atom is 0.407 e. The van der Waals surface area contributed by atoms with Crippen molar-refractivity contribution in [2.45, 2.75) is 32.9 Å². The van der Waals surface area contributed by atoms with Crippen molar-refractivity contribution in [3.63, 3.8) is 0 Å². The molecule has 0 spiro atoms. The number of rotatable bonds is 2. The second kappa shape index (κ2) is 5.69. The van der Waals surface area contributed by atoms with E-state index >= 15 is 0 Å². The molecule has 1 heterocycles. The number of carbonyl (C=O) groups is 1. The summed E-state index contributed by atoms with van der Waals surface area (Å²) in [5, 5.41) is 3.03. The van der Waals surface area contributed by atoms with Crippen LogP contribution in [0.1, 0.15) is 26.3 Å². The molecule has 0 radical (unpaired) electrons. The smallest absolute Gasteiger partial charge is 0.407 e. The minimum Gasteiger partial charge on any atom is -0.444 e. The zero-order chi connectivity index (χ0) is 13.1. The van der Waals surface area contributed by atoms with Crippen LogP contribution in [-0.4, -0.2) is 16.7 Å². The highest BCUT2D eigenvalue weighted by Gasteiger charge is 2.15. The Morgan fingerprint density at radius 2 is 2.24 bits per heavy atom. The average Bonchev–Trinajstić information content (AvgIpc) is 2.17. The molecule has 0 atom stereocenters. The highest BCUT2D eigenvalue weighted by atomic mass is 79.9. The monoisotopic (exact) mass is 320 g/mol. The Morgan fingerprint density at radius 3 is 2.76 bits per heavy atom. The van der Waals surface area contributed by atoms with Gasteiger partial charge in [-0.2, -0.15) is 0 Å². The molecule has 0 aromatic carbocycles. The van der Waals surface area contributed by atoms with Crippen molar-refractivity contribution < 1.29 is 9.53 Å². The lowest BCUT2D eigenvalue weighted by Crippen LogP contribution is -2.32. The molecule has 0 saturated heterocycles. The summed E-state index contributed by atoms with van der Waals surface area (Å²) in [5.41, 5.74) is 0.343. The van der Waals surface area contributed by atoms with Crippen LogP contribution >= 0.6 is 27.5 Å². The van der Waals surface area contributed by atoms with Gasteiger partial charge in [0.2, 0.25) is 0 Å². The van der Waals surface area contributed by atoms with Crippen LogP contribution in [-0.2, 0) is 11.3 Å². The predicted octanol–water partition coefficient (Wildman–Crippen LogP) is 3.52. The summed E-state index contributed by atoms with van der Waals surface area (Å²) in [6.07, 6.45) is 1.15. The largest absolute Gasteiger partial charge is 0.444 e. The molecule has 4 nitrogen and oxygen atoms in total. The number of nitrogens with zero attached hydrogens (tertiary/aromatic N) is 1. The second-order valence-electron chi connectivity index (χ2n) is 4.47. The molecule has 0 fully saturated rings. The third-order valence-corrected chi connectivity index (χ3v) is 2.82. The van der Waals surface area contributed by atoms with E-state index in [2.05, 4.69) is 26.2 Å². The SMILES string of the molecule is CC(C)(C)OC(=O)NCc1cnc(Cl)c(Br)c1. The maximum absolute atomic E-state index is 11.4. The number of amides is 1. The van der Waals surface area contributed by atoms with Gasteiger partial charge in [0.25, 0.3) is 0 Å². The van der Waals surface area contributed by atoms with Gasteiger partial charge < -0.3 is 10.1 Å². The van der Waals surface area contributed by atoms with E-state index in [1.807, 2.05) is 20.8 Å². The van der Waals surface area contributed by atoms with Gasteiger partial charge >= 0.3 is 6.09 Å². The molecular weight excluding hydrogens is 307 g/mol. The Balaban J connectivity index is 2.50. The number of nitrogens with one attached hydrogen (secondary N) is 1. The molecule has 0 saturated carbocycles. The van der Waals surface area contributed by atoms with Crippen molar-refractivity contribution in [2.75, 3.05) is 0 Å². The van der Waals surface area contributed by atoms with Crippen molar-refractivity contribution in [3.05, 3.63) is 27.5 Å². The van der Waals surface area contributed by atoms with E-state index in [9.17, 15) is 4.79 Å². The van der Waals surface area contributed by atoms with E-state index in [0.717, 1.165) is 5.56 Å². The third kappa shape index (κ3) is 5.37. The summed E-state index contributed by atoms with van der Waals surface area (Å²) in [7, 11) is 0. The van der Waals surface area contributed by atoms with Crippen LogP contribution in [0.3, 0.4) is 0 Å². The molecular formula is C11H14BrClN2O2. The van der Waals surface area contributed by atoms with Gasteiger partial charge in [-0.1, -0.05) is 11.6 Å². The fraction of sp³-hybridized carbons (Fsp3) is 0.455. The number of alkyl carbamates (subject to hydrolysis) is 1. The molecule has 1 aromatic heterocycles. The van der Waals surface area contributed by atoms with E-state index < -0.39 is 11.7 Å². The van der Waals surface area contributed by atoms with Gasteiger partial charge in [0.1, 0.15) is 10.8 Å². The number of hydrogen-bond donors (Lipinski definition) is 1. The molecule has 0 aliphatic rings. The third-order valence-electron chi connectivity index (χ3n) is 1.69. The lowest BCUT2D eigenvalue weighted by atomic mass is 10.2. The van der Waals surface area contributed by atoms with Gasteiger partial charge in [-0.25, -0.2) is 9.78 Å². The fourth-order valence-corrected chi connectivity index (χ4v) is 1.55. The number of carbonyl (C=O) groups excluding carboxylic acids is 1. The van der Waals surface area contributed by atoms with E-state index in [1.54, 1.807) is 12.3 Å². The van der Waals surface area contributed by atoms with Gasteiger partial charge in [0.05, 0.1) is 4.47 Å². The van der Waals surface area contributed by atoms with E-state index in [4.69, 9.17) is 16.3 Å². The maximum atomic E-state index is 11.4. The topological polar surface area (TPSA) is 51.2 Å². The molecule has 1 aromatic rings. The molecule has 1 N–H and O–H groups in total. The molecule has 6 heteroatoms. The van der Waals surface area contributed by atoms with Crippen molar-refractivity contribution in [2.24, 2.45) is 0 Å². The van der Waals surface area contributed by atoms with E-state index in [-0.39, 0.29) is 0 Å². The van der Waals surface area contributed by atoms with Crippen LogP contribution in [0.15, 0.2) is 16.7 Å². The number of hydrogen-bond acceptors (Lipinski definition) is 3. The van der Waals surface area contributed by atoms with E-state index in [0.29, 0.717) is 16.2 Å².